The summed E-state index contributed by atoms with van der Waals surface area (Å²) in [5.74, 6) is 0.125. The van der Waals surface area contributed by atoms with Gasteiger partial charge in [-0.2, -0.15) is 0 Å². The molecule has 0 heterocycles. The highest BCUT2D eigenvalue weighted by Crippen LogP contribution is 2.18. The predicted octanol–water partition coefficient (Wildman–Crippen LogP) is 3.98. The van der Waals surface area contributed by atoms with Crippen LogP contribution in [-0.4, -0.2) is 17.4 Å². The fourth-order valence-corrected chi connectivity index (χ4v) is 2.13. The molecule has 0 aliphatic heterocycles. The van der Waals surface area contributed by atoms with E-state index in [-0.39, 0.29) is 11.7 Å². The maximum Gasteiger partial charge on any atom is 0.223 e. The highest BCUT2D eigenvalue weighted by molar-refractivity contribution is 9.10. The maximum atomic E-state index is 13.6. The average Bonchev–Trinajstić information content (AvgIpc) is 2.29. The lowest BCUT2D eigenvalue weighted by Gasteiger charge is -2.22. The van der Waals surface area contributed by atoms with Gasteiger partial charge in [0, 0.05) is 29.5 Å². The number of hydrogen-bond donors (Lipinski definition) is 0. The molecule has 0 atom stereocenters. The Labute approximate surface area is 116 Å². The summed E-state index contributed by atoms with van der Waals surface area (Å²) in [5.41, 5.74) is 0.545. The topological polar surface area (TPSA) is 20.3 Å². The first-order valence-electron chi connectivity index (χ1n) is 6.15. The minimum absolute atomic E-state index is 0.0758. The molecular formula is C14H19BrFNO. The Morgan fingerprint density at radius 1 is 1.44 bits per heavy atom. The van der Waals surface area contributed by atoms with E-state index in [0.29, 0.717) is 31.0 Å². The van der Waals surface area contributed by atoms with E-state index in [9.17, 15) is 9.18 Å². The summed E-state index contributed by atoms with van der Waals surface area (Å²) in [7, 11) is 0. The van der Waals surface area contributed by atoms with Crippen molar-refractivity contribution in [1.82, 2.24) is 4.90 Å². The number of carbonyl (C=O) groups is 1. The second-order valence-corrected chi connectivity index (χ2v) is 5.66. The molecule has 0 bridgehead atoms. The van der Waals surface area contributed by atoms with Gasteiger partial charge in [0.15, 0.2) is 0 Å². The van der Waals surface area contributed by atoms with Crippen LogP contribution in [0, 0.1) is 11.7 Å². The van der Waals surface area contributed by atoms with Gasteiger partial charge in [0.25, 0.3) is 0 Å². The van der Waals surface area contributed by atoms with Crippen LogP contribution in [0.2, 0.25) is 0 Å². The number of carbonyl (C=O) groups excluding carboxylic acids is 1. The molecule has 100 valence electrons. The molecule has 18 heavy (non-hydrogen) atoms. The zero-order valence-corrected chi connectivity index (χ0v) is 12.6. The fourth-order valence-electron chi connectivity index (χ4n) is 1.72. The van der Waals surface area contributed by atoms with Gasteiger partial charge in [0.2, 0.25) is 5.91 Å². The second kappa shape index (κ2) is 6.88. The first-order chi connectivity index (χ1) is 8.43. The highest BCUT2D eigenvalue weighted by Gasteiger charge is 2.15. The molecule has 0 aromatic heterocycles. The van der Waals surface area contributed by atoms with Crippen LogP contribution in [0.3, 0.4) is 0 Å². The van der Waals surface area contributed by atoms with Crippen molar-refractivity contribution in [2.75, 3.05) is 6.54 Å². The van der Waals surface area contributed by atoms with Crippen LogP contribution in [0.15, 0.2) is 22.7 Å². The van der Waals surface area contributed by atoms with Crippen molar-refractivity contribution in [2.24, 2.45) is 5.92 Å². The minimum Gasteiger partial charge on any atom is -0.339 e. The van der Waals surface area contributed by atoms with Crippen LogP contribution in [0.25, 0.3) is 0 Å². The van der Waals surface area contributed by atoms with Gasteiger partial charge in [-0.05, 0) is 31.0 Å². The highest BCUT2D eigenvalue weighted by atomic mass is 79.9. The molecule has 0 saturated carbocycles. The average molecular weight is 316 g/mol. The number of nitrogens with zero attached hydrogens (tertiary/aromatic N) is 1. The number of hydrogen-bond acceptors (Lipinski definition) is 1. The maximum absolute atomic E-state index is 13.6. The standard InChI is InChI=1S/C14H19BrFNO/c1-4-17(14(18)7-10(2)3)9-11-8-12(15)5-6-13(11)16/h5-6,8,10H,4,7,9H2,1-3H3. The summed E-state index contributed by atoms with van der Waals surface area (Å²) in [6.45, 7) is 6.84. The van der Waals surface area contributed by atoms with Crippen LogP contribution < -0.4 is 0 Å². The van der Waals surface area contributed by atoms with Gasteiger partial charge < -0.3 is 4.90 Å². The van der Waals surface area contributed by atoms with E-state index in [2.05, 4.69) is 15.9 Å². The molecule has 0 spiro atoms. The first kappa shape index (κ1) is 15.2. The summed E-state index contributed by atoms with van der Waals surface area (Å²) in [6.07, 6.45) is 0.503. The van der Waals surface area contributed by atoms with Crippen molar-refractivity contribution in [2.45, 2.75) is 33.7 Å². The molecule has 1 aromatic rings. The van der Waals surface area contributed by atoms with Crippen molar-refractivity contribution in [3.8, 4) is 0 Å². The molecule has 2 nitrogen and oxygen atoms in total. The van der Waals surface area contributed by atoms with Crippen LogP contribution in [0.5, 0.6) is 0 Å². The molecule has 1 rings (SSSR count). The molecule has 0 aliphatic rings. The third-order valence-corrected chi connectivity index (χ3v) is 3.18. The number of halogens is 2. The smallest absolute Gasteiger partial charge is 0.223 e. The Balaban J connectivity index is 2.79. The van der Waals surface area contributed by atoms with Crippen molar-refractivity contribution < 1.29 is 9.18 Å². The SMILES string of the molecule is CCN(Cc1cc(Br)ccc1F)C(=O)CC(C)C. The Morgan fingerprint density at radius 2 is 2.11 bits per heavy atom. The van der Waals surface area contributed by atoms with E-state index in [4.69, 9.17) is 0 Å². The number of rotatable bonds is 5. The quantitative estimate of drug-likeness (QED) is 0.804. The Hall–Kier alpha value is -0.900. The zero-order valence-electron chi connectivity index (χ0n) is 11.0. The fraction of sp³-hybridized carbons (Fsp3) is 0.500. The molecule has 0 radical (unpaired) electrons. The van der Waals surface area contributed by atoms with E-state index in [1.54, 1.807) is 17.0 Å². The summed E-state index contributed by atoms with van der Waals surface area (Å²) in [6, 6.07) is 4.80. The molecule has 4 heteroatoms. The Bertz CT molecular complexity index is 420. The van der Waals surface area contributed by atoms with Gasteiger partial charge in [-0.1, -0.05) is 29.8 Å². The molecule has 0 fully saturated rings. The monoisotopic (exact) mass is 315 g/mol. The summed E-state index contributed by atoms with van der Waals surface area (Å²) >= 11 is 3.32. The van der Waals surface area contributed by atoms with Crippen LogP contribution in [0.4, 0.5) is 4.39 Å². The van der Waals surface area contributed by atoms with E-state index >= 15 is 0 Å². The minimum atomic E-state index is -0.269. The summed E-state index contributed by atoms with van der Waals surface area (Å²) in [5, 5.41) is 0. The van der Waals surface area contributed by atoms with Gasteiger partial charge in [-0.15, -0.1) is 0 Å². The Kier molecular flexibility index (Phi) is 5.79. The largest absolute Gasteiger partial charge is 0.339 e. The van der Waals surface area contributed by atoms with Gasteiger partial charge in [0.1, 0.15) is 5.82 Å². The molecule has 0 unspecified atom stereocenters. The first-order valence-corrected chi connectivity index (χ1v) is 6.95. The van der Waals surface area contributed by atoms with E-state index < -0.39 is 0 Å². The van der Waals surface area contributed by atoms with Crippen LogP contribution in [0.1, 0.15) is 32.8 Å². The second-order valence-electron chi connectivity index (χ2n) is 4.74. The lowest BCUT2D eigenvalue weighted by atomic mass is 10.1. The lowest BCUT2D eigenvalue weighted by molar-refractivity contribution is -0.132. The van der Waals surface area contributed by atoms with Gasteiger partial charge >= 0.3 is 0 Å². The molecule has 0 N–H and O–H groups in total. The van der Waals surface area contributed by atoms with Crippen molar-refractivity contribution >= 4 is 21.8 Å². The molecular weight excluding hydrogens is 297 g/mol. The van der Waals surface area contributed by atoms with Crippen molar-refractivity contribution in [3.63, 3.8) is 0 Å². The third-order valence-electron chi connectivity index (χ3n) is 2.69. The van der Waals surface area contributed by atoms with Crippen molar-refractivity contribution in [3.05, 3.63) is 34.1 Å². The predicted molar refractivity (Wildman–Crippen MR) is 74.6 cm³/mol. The summed E-state index contributed by atoms with van der Waals surface area (Å²) < 4.78 is 14.5. The van der Waals surface area contributed by atoms with Gasteiger partial charge in [0.05, 0.1) is 0 Å². The Morgan fingerprint density at radius 3 is 2.67 bits per heavy atom. The van der Waals surface area contributed by atoms with Gasteiger partial charge in [-0.25, -0.2) is 4.39 Å². The van der Waals surface area contributed by atoms with Crippen LogP contribution in [-0.2, 0) is 11.3 Å². The van der Waals surface area contributed by atoms with Crippen molar-refractivity contribution in [1.29, 1.82) is 0 Å². The zero-order chi connectivity index (χ0) is 13.7. The molecule has 1 amide bonds. The lowest BCUT2D eigenvalue weighted by Crippen LogP contribution is -2.31. The van der Waals surface area contributed by atoms with E-state index in [0.717, 1.165) is 4.47 Å². The molecule has 1 aromatic carbocycles. The molecule has 0 saturated heterocycles. The number of amides is 1. The van der Waals surface area contributed by atoms with E-state index in [1.807, 2.05) is 20.8 Å². The third kappa shape index (κ3) is 4.41. The molecule has 0 aliphatic carbocycles. The summed E-state index contributed by atoms with van der Waals surface area (Å²) in [4.78, 5) is 13.7. The normalized spacial score (nSPS) is 10.8. The van der Waals surface area contributed by atoms with E-state index in [1.165, 1.54) is 6.07 Å². The van der Waals surface area contributed by atoms with Gasteiger partial charge in [-0.3, -0.25) is 4.79 Å². The van der Waals surface area contributed by atoms with Crippen LogP contribution >= 0.6 is 15.9 Å². The number of benzene rings is 1.